The van der Waals surface area contributed by atoms with E-state index in [0.29, 0.717) is 21.7 Å². The molecule has 0 N–H and O–H groups in total. The van der Waals surface area contributed by atoms with Gasteiger partial charge in [-0.2, -0.15) is 5.26 Å². The molecule has 0 saturated heterocycles. The lowest BCUT2D eigenvalue weighted by Crippen LogP contribution is -2.12. The first kappa shape index (κ1) is 14.2. The first-order valence-corrected chi connectivity index (χ1v) is 6.36. The average molecular weight is 288 g/mol. The number of hydrogen-bond donors (Lipinski definition) is 0. The molecule has 100 valence electrons. The molecule has 0 aliphatic heterocycles. The van der Waals surface area contributed by atoms with Gasteiger partial charge in [0, 0.05) is 10.6 Å². The number of nitrogens with zero attached hydrogens (tertiary/aromatic N) is 1. The van der Waals surface area contributed by atoms with Gasteiger partial charge in [0.05, 0.1) is 6.07 Å². The maximum absolute atomic E-state index is 13.1. The van der Waals surface area contributed by atoms with Crippen LogP contribution in [0.4, 0.5) is 4.39 Å². The second-order valence-electron chi connectivity index (χ2n) is 4.44. The highest BCUT2D eigenvalue weighted by atomic mass is 35.5. The maximum Gasteiger partial charge on any atom is 0.184 e. The van der Waals surface area contributed by atoms with Crippen molar-refractivity contribution in [2.75, 3.05) is 0 Å². The van der Waals surface area contributed by atoms with E-state index in [1.165, 1.54) is 18.2 Å². The minimum absolute atomic E-state index is 0.345. The maximum atomic E-state index is 13.1. The third-order valence-electron chi connectivity index (χ3n) is 3.03. The number of benzene rings is 2. The van der Waals surface area contributed by atoms with Crippen LogP contribution in [-0.4, -0.2) is 5.78 Å². The summed E-state index contributed by atoms with van der Waals surface area (Å²) in [5, 5.41) is 9.72. The fourth-order valence-electron chi connectivity index (χ4n) is 2.03. The second kappa shape index (κ2) is 5.85. The van der Waals surface area contributed by atoms with Crippen LogP contribution in [0.1, 0.15) is 27.4 Å². The smallest absolute Gasteiger partial charge is 0.184 e. The molecule has 20 heavy (non-hydrogen) atoms. The minimum Gasteiger partial charge on any atom is -0.292 e. The fourth-order valence-corrected chi connectivity index (χ4v) is 2.23. The van der Waals surface area contributed by atoms with Crippen LogP contribution >= 0.6 is 11.6 Å². The lowest BCUT2D eigenvalue weighted by atomic mass is 9.90. The Labute approximate surface area is 121 Å². The van der Waals surface area contributed by atoms with Gasteiger partial charge in [0.15, 0.2) is 5.78 Å². The quantitative estimate of drug-likeness (QED) is 0.791. The normalized spacial score (nSPS) is 11.7. The number of Topliss-reactive ketones (excluding diaryl/α,β-unsaturated/α-hetero) is 1. The molecule has 0 aromatic heterocycles. The Morgan fingerprint density at radius 1 is 1.30 bits per heavy atom. The number of halogens is 2. The highest BCUT2D eigenvalue weighted by Crippen LogP contribution is 2.24. The summed E-state index contributed by atoms with van der Waals surface area (Å²) in [5.74, 6) is -1.71. The molecular weight excluding hydrogens is 277 g/mol. The third-order valence-corrected chi connectivity index (χ3v) is 3.26. The third kappa shape index (κ3) is 2.87. The van der Waals surface area contributed by atoms with Crippen molar-refractivity contribution < 1.29 is 9.18 Å². The minimum atomic E-state index is -0.946. The highest BCUT2D eigenvalue weighted by Gasteiger charge is 2.23. The van der Waals surface area contributed by atoms with Gasteiger partial charge in [0.1, 0.15) is 11.7 Å². The van der Waals surface area contributed by atoms with Gasteiger partial charge >= 0.3 is 0 Å². The molecule has 0 heterocycles. The van der Waals surface area contributed by atoms with E-state index < -0.39 is 11.7 Å². The van der Waals surface area contributed by atoms with Gasteiger partial charge in [-0.25, -0.2) is 4.39 Å². The summed E-state index contributed by atoms with van der Waals surface area (Å²) in [6, 6.07) is 12.5. The van der Waals surface area contributed by atoms with Gasteiger partial charge < -0.3 is 0 Å². The lowest BCUT2D eigenvalue weighted by molar-refractivity contribution is 0.0978. The Hall–Kier alpha value is -2.18. The van der Waals surface area contributed by atoms with Crippen molar-refractivity contribution in [2.24, 2.45) is 0 Å². The number of ketones is 1. The molecule has 0 bridgehead atoms. The summed E-state index contributed by atoms with van der Waals surface area (Å²) in [7, 11) is 0. The van der Waals surface area contributed by atoms with Crippen LogP contribution in [0.5, 0.6) is 0 Å². The van der Waals surface area contributed by atoms with Crippen molar-refractivity contribution in [1.29, 1.82) is 5.26 Å². The Morgan fingerprint density at radius 3 is 2.65 bits per heavy atom. The van der Waals surface area contributed by atoms with E-state index in [1.807, 2.05) is 6.07 Å². The van der Waals surface area contributed by atoms with Gasteiger partial charge in [-0.3, -0.25) is 4.79 Å². The Bertz CT molecular complexity index is 706. The number of carbonyl (C=O) groups excluding carboxylic acids is 1. The summed E-state index contributed by atoms with van der Waals surface area (Å²) in [5.41, 5.74) is 1.39. The summed E-state index contributed by atoms with van der Waals surface area (Å²) >= 11 is 5.88. The topological polar surface area (TPSA) is 40.9 Å². The van der Waals surface area contributed by atoms with Crippen LogP contribution in [0.25, 0.3) is 0 Å². The van der Waals surface area contributed by atoms with Crippen molar-refractivity contribution >= 4 is 17.4 Å². The van der Waals surface area contributed by atoms with Crippen LogP contribution < -0.4 is 0 Å². The Balaban J connectivity index is 2.42. The summed E-state index contributed by atoms with van der Waals surface area (Å²) < 4.78 is 13.1. The van der Waals surface area contributed by atoms with E-state index in [-0.39, 0.29) is 5.78 Å². The van der Waals surface area contributed by atoms with E-state index in [0.717, 1.165) is 0 Å². The zero-order chi connectivity index (χ0) is 14.7. The molecule has 0 fully saturated rings. The Morgan fingerprint density at radius 2 is 2.05 bits per heavy atom. The van der Waals surface area contributed by atoms with Gasteiger partial charge in [0.25, 0.3) is 0 Å². The molecule has 1 unspecified atom stereocenters. The van der Waals surface area contributed by atoms with E-state index >= 15 is 0 Å². The molecule has 0 aliphatic carbocycles. The van der Waals surface area contributed by atoms with Crippen molar-refractivity contribution in [3.8, 4) is 6.07 Å². The van der Waals surface area contributed by atoms with E-state index in [9.17, 15) is 14.4 Å². The molecule has 2 rings (SSSR count). The van der Waals surface area contributed by atoms with Gasteiger partial charge in [-0.1, -0.05) is 23.7 Å². The molecule has 1 atom stereocenters. The van der Waals surface area contributed by atoms with Crippen molar-refractivity contribution in [2.45, 2.75) is 12.8 Å². The molecule has 0 amide bonds. The molecule has 0 saturated carbocycles. The van der Waals surface area contributed by atoms with Crippen LogP contribution in [-0.2, 0) is 0 Å². The van der Waals surface area contributed by atoms with Crippen molar-refractivity contribution in [3.63, 3.8) is 0 Å². The van der Waals surface area contributed by atoms with Gasteiger partial charge in [0.2, 0.25) is 0 Å². The largest absolute Gasteiger partial charge is 0.292 e. The molecule has 4 heteroatoms. The molecule has 2 nitrogen and oxygen atoms in total. The molecule has 2 aromatic rings. The highest BCUT2D eigenvalue weighted by molar-refractivity contribution is 6.30. The Kier molecular flexibility index (Phi) is 4.16. The van der Waals surface area contributed by atoms with E-state index in [4.69, 9.17) is 11.6 Å². The first-order chi connectivity index (χ1) is 9.52. The second-order valence-corrected chi connectivity index (χ2v) is 4.88. The molecular formula is C16H11ClFNO. The summed E-state index contributed by atoms with van der Waals surface area (Å²) in [4.78, 5) is 12.4. The van der Waals surface area contributed by atoms with Crippen LogP contribution in [0.3, 0.4) is 0 Å². The monoisotopic (exact) mass is 287 g/mol. The number of carbonyl (C=O) groups is 1. The van der Waals surface area contributed by atoms with Gasteiger partial charge in [-0.15, -0.1) is 0 Å². The standard InChI is InChI=1S/C16H11ClFNO/c1-10-7-13(18)5-6-14(10)16(20)15(9-19)11-3-2-4-12(17)8-11/h2-8,15H,1H3. The van der Waals surface area contributed by atoms with Crippen LogP contribution in [0.15, 0.2) is 42.5 Å². The van der Waals surface area contributed by atoms with Crippen molar-refractivity contribution in [3.05, 3.63) is 70.0 Å². The van der Waals surface area contributed by atoms with E-state index in [1.54, 1.807) is 31.2 Å². The van der Waals surface area contributed by atoms with Gasteiger partial charge in [-0.05, 0) is 48.4 Å². The molecule has 0 aliphatic rings. The predicted molar refractivity (Wildman–Crippen MR) is 75.3 cm³/mol. The van der Waals surface area contributed by atoms with E-state index in [2.05, 4.69) is 0 Å². The van der Waals surface area contributed by atoms with Crippen molar-refractivity contribution in [1.82, 2.24) is 0 Å². The zero-order valence-corrected chi connectivity index (χ0v) is 11.5. The SMILES string of the molecule is Cc1cc(F)ccc1C(=O)C(C#N)c1cccc(Cl)c1. The number of nitriles is 1. The fraction of sp³-hybridized carbons (Fsp3) is 0.125. The number of hydrogen-bond acceptors (Lipinski definition) is 2. The number of aryl methyl sites for hydroxylation is 1. The molecule has 2 aromatic carbocycles. The zero-order valence-electron chi connectivity index (χ0n) is 10.7. The lowest BCUT2D eigenvalue weighted by Gasteiger charge is -2.11. The number of rotatable bonds is 3. The van der Waals surface area contributed by atoms with Crippen LogP contribution in [0, 0.1) is 24.1 Å². The predicted octanol–water partition coefficient (Wildman–Crippen LogP) is 4.28. The van der Waals surface area contributed by atoms with Crippen LogP contribution in [0.2, 0.25) is 5.02 Å². The molecule has 0 spiro atoms. The first-order valence-electron chi connectivity index (χ1n) is 5.98. The summed E-state index contributed by atoms with van der Waals surface area (Å²) in [6.07, 6.45) is 0. The summed E-state index contributed by atoms with van der Waals surface area (Å²) in [6.45, 7) is 1.64. The average Bonchev–Trinajstić information content (AvgIpc) is 2.39. The molecule has 0 radical (unpaired) electrons.